The lowest BCUT2D eigenvalue weighted by molar-refractivity contribution is -0.151. The zero-order chi connectivity index (χ0) is 13.1. The van der Waals surface area contributed by atoms with Crippen molar-refractivity contribution in [2.45, 2.75) is 52.9 Å². The van der Waals surface area contributed by atoms with Crippen LogP contribution < -0.4 is 5.32 Å². The van der Waals surface area contributed by atoms with E-state index >= 15 is 0 Å². The Kier molecular flexibility index (Phi) is 4.17. The zero-order valence-corrected chi connectivity index (χ0v) is 11.0. The van der Waals surface area contributed by atoms with Crippen LogP contribution in [0.2, 0.25) is 0 Å². The number of rotatable bonds is 3. The van der Waals surface area contributed by atoms with Gasteiger partial charge in [-0.2, -0.15) is 0 Å². The highest BCUT2D eigenvalue weighted by molar-refractivity contribution is 5.82. The number of carboxylic acids is 1. The molecule has 1 saturated carbocycles. The van der Waals surface area contributed by atoms with E-state index in [2.05, 4.69) is 5.32 Å². The molecule has 0 spiro atoms. The Hall–Kier alpha value is -1.06. The summed E-state index contributed by atoms with van der Waals surface area (Å²) in [6, 6.07) is 0. The molecule has 0 aliphatic heterocycles. The molecule has 1 amide bonds. The Labute approximate surface area is 103 Å². The minimum atomic E-state index is -0.772. The second-order valence-electron chi connectivity index (χ2n) is 6.08. The van der Waals surface area contributed by atoms with Crippen LogP contribution >= 0.6 is 0 Å². The maximum atomic E-state index is 11.8. The second kappa shape index (κ2) is 5.07. The van der Waals surface area contributed by atoms with Gasteiger partial charge in [0.15, 0.2) is 0 Å². The lowest BCUT2D eigenvalue weighted by Gasteiger charge is -2.34. The van der Waals surface area contributed by atoms with Gasteiger partial charge in [0, 0.05) is 12.0 Å². The molecule has 0 aromatic rings. The number of carbonyl (C=O) groups excluding carboxylic acids is 1. The minimum Gasteiger partial charge on any atom is -0.481 e. The molecule has 17 heavy (non-hydrogen) atoms. The Balaban J connectivity index is 2.63. The van der Waals surface area contributed by atoms with Gasteiger partial charge in [-0.3, -0.25) is 9.59 Å². The third kappa shape index (κ3) is 3.45. The van der Waals surface area contributed by atoms with Gasteiger partial charge in [0.05, 0.1) is 5.41 Å². The standard InChI is InChI=1S/C13H23NO3/c1-12(2,3)10(15)14-9-13(11(16)17)7-5-4-6-8-13/h4-9H2,1-3H3,(H,14,15)(H,16,17). The number of amides is 1. The summed E-state index contributed by atoms with van der Waals surface area (Å²) >= 11 is 0. The van der Waals surface area contributed by atoms with Crippen LogP contribution in [0.4, 0.5) is 0 Å². The van der Waals surface area contributed by atoms with E-state index in [1.54, 1.807) is 0 Å². The lowest BCUT2D eigenvalue weighted by Crippen LogP contribution is -2.47. The van der Waals surface area contributed by atoms with E-state index in [0.29, 0.717) is 12.8 Å². The Morgan fingerprint density at radius 2 is 1.71 bits per heavy atom. The Morgan fingerprint density at radius 1 is 1.18 bits per heavy atom. The molecule has 4 nitrogen and oxygen atoms in total. The molecule has 1 rings (SSSR count). The molecule has 0 radical (unpaired) electrons. The fourth-order valence-corrected chi connectivity index (χ4v) is 2.21. The first-order valence-corrected chi connectivity index (χ1v) is 6.30. The van der Waals surface area contributed by atoms with Gasteiger partial charge in [-0.1, -0.05) is 40.0 Å². The van der Waals surface area contributed by atoms with Crippen LogP contribution in [0, 0.1) is 10.8 Å². The molecule has 0 unspecified atom stereocenters. The summed E-state index contributed by atoms with van der Waals surface area (Å²) in [5, 5.41) is 12.1. The number of nitrogens with one attached hydrogen (secondary N) is 1. The molecular formula is C13H23NO3. The monoisotopic (exact) mass is 241 g/mol. The van der Waals surface area contributed by atoms with Gasteiger partial charge in [0.1, 0.15) is 0 Å². The van der Waals surface area contributed by atoms with Crippen LogP contribution in [0.5, 0.6) is 0 Å². The van der Waals surface area contributed by atoms with Crippen molar-refractivity contribution in [3.63, 3.8) is 0 Å². The smallest absolute Gasteiger partial charge is 0.311 e. The van der Waals surface area contributed by atoms with E-state index in [9.17, 15) is 14.7 Å². The molecule has 0 atom stereocenters. The first-order valence-electron chi connectivity index (χ1n) is 6.30. The van der Waals surface area contributed by atoms with E-state index < -0.39 is 16.8 Å². The molecular weight excluding hydrogens is 218 g/mol. The second-order valence-corrected chi connectivity index (χ2v) is 6.08. The van der Waals surface area contributed by atoms with E-state index in [4.69, 9.17) is 0 Å². The fourth-order valence-electron chi connectivity index (χ4n) is 2.21. The summed E-state index contributed by atoms with van der Waals surface area (Å²) in [4.78, 5) is 23.2. The number of aliphatic carboxylic acids is 1. The number of carbonyl (C=O) groups is 2. The number of hydrogen-bond donors (Lipinski definition) is 2. The van der Waals surface area contributed by atoms with E-state index in [1.807, 2.05) is 20.8 Å². The van der Waals surface area contributed by atoms with Gasteiger partial charge in [0.25, 0.3) is 0 Å². The summed E-state index contributed by atoms with van der Waals surface area (Å²) in [5.41, 5.74) is -1.20. The topological polar surface area (TPSA) is 66.4 Å². The summed E-state index contributed by atoms with van der Waals surface area (Å²) in [6.45, 7) is 5.75. The van der Waals surface area contributed by atoms with Crippen LogP contribution in [0.1, 0.15) is 52.9 Å². The van der Waals surface area contributed by atoms with Gasteiger partial charge in [-0.05, 0) is 12.8 Å². The molecule has 0 saturated heterocycles. The van der Waals surface area contributed by atoms with E-state index in [1.165, 1.54) is 0 Å². The highest BCUT2D eigenvalue weighted by atomic mass is 16.4. The average molecular weight is 241 g/mol. The van der Waals surface area contributed by atoms with Crippen LogP contribution in [0.3, 0.4) is 0 Å². The average Bonchev–Trinajstić information content (AvgIpc) is 2.25. The van der Waals surface area contributed by atoms with Crippen molar-refractivity contribution >= 4 is 11.9 Å². The van der Waals surface area contributed by atoms with Crippen LogP contribution in [-0.2, 0) is 9.59 Å². The normalized spacial score (nSPS) is 19.7. The molecule has 1 fully saturated rings. The van der Waals surface area contributed by atoms with Crippen molar-refractivity contribution in [2.24, 2.45) is 10.8 Å². The number of hydrogen-bond acceptors (Lipinski definition) is 2. The van der Waals surface area contributed by atoms with E-state index in [-0.39, 0.29) is 12.5 Å². The van der Waals surface area contributed by atoms with Crippen molar-refractivity contribution in [2.75, 3.05) is 6.54 Å². The fraction of sp³-hybridized carbons (Fsp3) is 0.846. The van der Waals surface area contributed by atoms with Crippen molar-refractivity contribution in [1.29, 1.82) is 0 Å². The molecule has 0 aromatic carbocycles. The highest BCUT2D eigenvalue weighted by Crippen LogP contribution is 2.36. The highest BCUT2D eigenvalue weighted by Gasteiger charge is 2.40. The minimum absolute atomic E-state index is 0.0799. The molecule has 0 heterocycles. The molecule has 0 aromatic heterocycles. The molecule has 1 aliphatic carbocycles. The van der Waals surface area contributed by atoms with Crippen molar-refractivity contribution in [3.05, 3.63) is 0 Å². The van der Waals surface area contributed by atoms with Crippen molar-refractivity contribution in [1.82, 2.24) is 5.32 Å². The van der Waals surface area contributed by atoms with Gasteiger partial charge in [-0.15, -0.1) is 0 Å². The quantitative estimate of drug-likeness (QED) is 0.796. The van der Waals surface area contributed by atoms with Gasteiger partial charge < -0.3 is 10.4 Å². The van der Waals surface area contributed by atoms with E-state index in [0.717, 1.165) is 19.3 Å². The predicted octanol–water partition coefficient (Wildman–Crippen LogP) is 2.18. The van der Waals surface area contributed by atoms with Crippen LogP contribution in [-0.4, -0.2) is 23.5 Å². The SMILES string of the molecule is CC(C)(C)C(=O)NCC1(C(=O)O)CCCCC1. The molecule has 0 bridgehead atoms. The summed E-state index contributed by atoms with van der Waals surface area (Å²) < 4.78 is 0. The van der Waals surface area contributed by atoms with Gasteiger partial charge in [0.2, 0.25) is 5.91 Å². The third-order valence-electron chi connectivity index (χ3n) is 3.53. The predicted molar refractivity (Wildman–Crippen MR) is 65.6 cm³/mol. The van der Waals surface area contributed by atoms with Gasteiger partial charge in [-0.25, -0.2) is 0 Å². The molecule has 4 heteroatoms. The largest absolute Gasteiger partial charge is 0.481 e. The molecule has 2 N–H and O–H groups in total. The molecule has 1 aliphatic rings. The van der Waals surface area contributed by atoms with Crippen molar-refractivity contribution < 1.29 is 14.7 Å². The van der Waals surface area contributed by atoms with Crippen LogP contribution in [0.15, 0.2) is 0 Å². The summed E-state index contributed by atoms with van der Waals surface area (Å²) in [7, 11) is 0. The maximum Gasteiger partial charge on any atom is 0.311 e. The van der Waals surface area contributed by atoms with Gasteiger partial charge >= 0.3 is 5.97 Å². The lowest BCUT2D eigenvalue weighted by atomic mass is 9.74. The zero-order valence-electron chi connectivity index (χ0n) is 11.0. The summed E-state index contributed by atoms with van der Waals surface area (Å²) in [5.74, 6) is -0.852. The third-order valence-corrected chi connectivity index (χ3v) is 3.53. The first kappa shape index (κ1) is 14.0. The maximum absolute atomic E-state index is 11.8. The summed E-state index contributed by atoms with van der Waals surface area (Å²) in [6.07, 6.45) is 4.33. The van der Waals surface area contributed by atoms with Crippen molar-refractivity contribution in [3.8, 4) is 0 Å². The van der Waals surface area contributed by atoms with Crippen LogP contribution in [0.25, 0.3) is 0 Å². The number of carboxylic acid groups (broad SMARTS) is 1. The Bertz CT molecular complexity index is 298. The Morgan fingerprint density at radius 3 is 2.12 bits per heavy atom. The first-order chi connectivity index (χ1) is 7.78. The molecule has 98 valence electrons.